The van der Waals surface area contributed by atoms with Crippen LogP contribution in [0.25, 0.3) is 10.9 Å². The Balaban J connectivity index is 1.52. The van der Waals surface area contributed by atoms with Gasteiger partial charge in [0.05, 0.1) is 24.2 Å². The SMILES string of the molecule is C=CC1CN2CCC1C[C@@H]2C(OC(=O)c1ccc(OC)cc1)c1ccnc2ccccc12. The molecule has 4 unspecified atom stereocenters. The van der Waals surface area contributed by atoms with E-state index in [1.807, 2.05) is 30.5 Å². The Morgan fingerprint density at radius 3 is 2.72 bits per heavy atom. The average molecular weight is 429 g/mol. The second kappa shape index (κ2) is 8.75. The number of para-hydroxylation sites is 1. The lowest BCUT2D eigenvalue weighted by Crippen LogP contribution is -2.55. The van der Waals surface area contributed by atoms with Gasteiger partial charge in [0, 0.05) is 23.7 Å². The highest BCUT2D eigenvalue weighted by Crippen LogP contribution is 2.43. The van der Waals surface area contributed by atoms with E-state index >= 15 is 0 Å². The first kappa shape index (κ1) is 20.7. The molecular weight excluding hydrogens is 400 g/mol. The fourth-order valence-corrected chi connectivity index (χ4v) is 5.32. The molecule has 3 fully saturated rings. The molecular formula is C27H28N2O3. The number of hydrogen-bond acceptors (Lipinski definition) is 5. The van der Waals surface area contributed by atoms with E-state index in [0.717, 1.165) is 36.0 Å². The third kappa shape index (κ3) is 3.78. The van der Waals surface area contributed by atoms with Crippen molar-refractivity contribution in [2.75, 3.05) is 20.2 Å². The van der Waals surface area contributed by atoms with Crippen LogP contribution in [0.15, 0.2) is 73.4 Å². The number of carbonyl (C=O) groups excluding carboxylic acids is 1. The highest BCUT2D eigenvalue weighted by Gasteiger charge is 2.44. The van der Waals surface area contributed by atoms with E-state index in [2.05, 4.69) is 28.6 Å². The number of benzene rings is 2. The quantitative estimate of drug-likeness (QED) is 0.407. The standard InChI is InChI=1S/C27H28N2O3/c1-3-18-17-29-15-13-20(18)16-25(29)26(23-12-14-28-24-7-5-4-6-22(23)24)32-27(30)19-8-10-21(31-2)11-9-19/h3-12,14,18,20,25-26H,1,13,15-17H2,2H3/t18?,20?,25-,26?/m1/s1. The highest BCUT2D eigenvalue weighted by molar-refractivity contribution is 5.90. The summed E-state index contributed by atoms with van der Waals surface area (Å²) in [6.45, 7) is 6.04. The average Bonchev–Trinajstić information content (AvgIpc) is 2.87. The number of piperidine rings is 3. The number of hydrogen-bond donors (Lipinski definition) is 0. The lowest BCUT2D eigenvalue weighted by Gasteiger charge is -2.51. The van der Waals surface area contributed by atoms with Gasteiger partial charge in [-0.15, -0.1) is 6.58 Å². The number of nitrogens with zero attached hydrogens (tertiary/aromatic N) is 2. The molecule has 32 heavy (non-hydrogen) atoms. The first-order chi connectivity index (χ1) is 15.7. The summed E-state index contributed by atoms with van der Waals surface area (Å²) in [6.07, 6.45) is 5.70. The van der Waals surface area contributed by atoms with Crippen molar-refractivity contribution >= 4 is 16.9 Å². The van der Waals surface area contributed by atoms with Crippen molar-refractivity contribution in [2.45, 2.75) is 25.0 Å². The van der Waals surface area contributed by atoms with Crippen LogP contribution in [0, 0.1) is 11.8 Å². The third-order valence-corrected chi connectivity index (χ3v) is 7.05. The van der Waals surface area contributed by atoms with Crippen LogP contribution in [-0.2, 0) is 4.74 Å². The molecule has 2 aromatic carbocycles. The third-order valence-electron chi connectivity index (χ3n) is 7.05. The van der Waals surface area contributed by atoms with Gasteiger partial charge in [-0.1, -0.05) is 24.3 Å². The summed E-state index contributed by atoms with van der Waals surface area (Å²) in [6, 6.07) is 17.3. The molecule has 3 aliphatic rings. The Morgan fingerprint density at radius 2 is 2.00 bits per heavy atom. The molecule has 2 bridgehead atoms. The van der Waals surface area contributed by atoms with Gasteiger partial charge >= 0.3 is 5.97 Å². The molecule has 0 aliphatic carbocycles. The predicted octanol–water partition coefficient (Wildman–Crippen LogP) is 5.04. The number of pyridine rings is 1. The van der Waals surface area contributed by atoms with Crippen LogP contribution in [0.2, 0.25) is 0 Å². The zero-order chi connectivity index (χ0) is 22.1. The molecule has 4 heterocycles. The maximum absolute atomic E-state index is 13.2. The maximum atomic E-state index is 13.2. The van der Waals surface area contributed by atoms with Crippen LogP contribution in [-0.4, -0.2) is 42.1 Å². The fraction of sp³-hybridized carbons (Fsp3) is 0.333. The Morgan fingerprint density at radius 1 is 1.19 bits per heavy atom. The first-order valence-corrected chi connectivity index (χ1v) is 11.2. The van der Waals surface area contributed by atoms with Crippen LogP contribution in [0.1, 0.15) is 34.9 Å². The summed E-state index contributed by atoms with van der Waals surface area (Å²) >= 11 is 0. The van der Waals surface area contributed by atoms with Crippen molar-refractivity contribution in [3.05, 3.63) is 84.6 Å². The topological polar surface area (TPSA) is 51.7 Å². The minimum atomic E-state index is -0.369. The van der Waals surface area contributed by atoms with E-state index in [0.29, 0.717) is 23.1 Å². The smallest absolute Gasteiger partial charge is 0.338 e. The van der Waals surface area contributed by atoms with Crippen molar-refractivity contribution in [3.8, 4) is 5.75 Å². The van der Waals surface area contributed by atoms with Crippen molar-refractivity contribution in [3.63, 3.8) is 0 Å². The molecule has 5 atom stereocenters. The van der Waals surface area contributed by atoms with Crippen molar-refractivity contribution in [2.24, 2.45) is 11.8 Å². The minimum Gasteiger partial charge on any atom is -0.497 e. The molecule has 3 aromatic rings. The number of carbonyl (C=O) groups is 1. The summed E-state index contributed by atoms with van der Waals surface area (Å²) in [7, 11) is 1.61. The van der Waals surface area contributed by atoms with E-state index in [1.165, 1.54) is 6.42 Å². The Bertz CT molecular complexity index is 1120. The lowest BCUT2D eigenvalue weighted by molar-refractivity contribution is -0.0568. The van der Waals surface area contributed by atoms with Crippen molar-refractivity contribution in [1.82, 2.24) is 9.88 Å². The van der Waals surface area contributed by atoms with Gasteiger partial charge in [0.15, 0.2) is 0 Å². The first-order valence-electron chi connectivity index (χ1n) is 11.2. The molecule has 5 heteroatoms. The minimum absolute atomic E-state index is 0.137. The summed E-state index contributed by atoms with van der Waals surface area (Å²) in [5.74, 6) is 1.48. The molecule has 0 N–H and O–H groups in total. The van der Waals surface area contributed by atoms with Crippen LogP contribution < -0.4 is 4.74 Å². The van der Waals surface area contributed by atoms with Crippen LogP contribution in [0.3, 0.4) is 0 Å². The molecule has 0 spiro atoms. The van der Waals surface area contributed by atoms with Crippen LogP contribution in [0.5, 0.6) is 5.75 Å². The molecule has 0 radical (unpaired) electrons. The molecule has 0 saturated carbocycles. The Hall–Kier alpha value is -3.18. The van der Waals surface area contributed by atoms with Crippen LogP contribution >= 0.6 is 0 Å². The number of fused-ring (bicyclic) bond motifs is 4. The number of esters is 1. The Labute approximate surface area is 188 Å². The predicted molar refractivity (Wildman–Crippen MR) is 125 cm³/mol. The molecule has 0 amide bonds. The largest absolute Gasteiger partial charge is 0.497 e. The summed E-state index contributed by atoms with van der Waals surface area (Å²) in [4.78, 5) is 20.2. The monoisotopic (exact) mass is 428 g/mol. The van der Waals surface area contributed by atoms with Gasteiger partial charge in [-0.05, 0) is 67.6 Å². The van der Waals surface area contributed by atoms with Gasteiger partial charge in [0.25, 0.3) is 0 Å². The molecule has 3 aliphatic heterocycles. The maximum Gasteiger partial charge on any atom is 0.338 e. The van der Waals surface area contributed by atoms with E-state index in [4.69, 9.17) is 9.47 Å². The lowest BCUT2D eigenvalue weighted by atomic mass is 9.73. The molecule has 1 aromatic heterocycles. The van der Waals surface area contributed by atoms with Gasteiger partial charge < -0.3 is 9.47 Å². The normalized spacial score (nSPS) is 25.3. The van der Waals surface area contributed by atoms with Crippen LogP contribution in [0.4, 0.5) is 0 Å². The zero-order valence-electron chi connectivity index (χ0n) is 18.3. The second-order valence-electron chi connectivity index (χ2n) is 8.72. The number of rotatable bonds is 6. The van der Waals surface area contributed by atoms with Gasteiger partial charge in [-0.25, -0.2) is 4.79 Å². The van der Waals surface area contributed by atoms with E-state index < -0.39 is 0 Å². The van der Waals surface area contributed by atoms with E-state index in [9.17, 15) is 4.79 Å². The Kier molecular flexibility index (Phi) is 5.66. The second-order valence-corrected chi connectivity index (χ2v) is 8.72. The molecule has 6 rings (SSSR count). The van der Waals surface area contributed by atoms with E-state index in [-0.39, 0.29) is 18.1 Å². The van der Waals surface area contributed by atoms with E-state index in [1.54, 1.807) is 31.4 Å². The molecule has 5 nitrogen and oxygen atoms in total. The zero-order valence-corrected chi connectivity index (χ0v) is 18.3. The summed E-state index contributed by atoms with van der Waals surface area (Å²) < 4.78 is 11.5. The molecule has 3 saturated heterocycles. The van der Waals surface area contributed by atoms with Gasteiger partial charge in [0.2, 0.25) is 0 Å². The molecule has 164 valence electrons. The van der Waals surface area contributed by atoms with Crippen molar-refractivity contribution in [1.29, 1.82) is 0 Å². The van der Waals surface area contributed by atoms with Gasteiger partial charge in [-0.3, -0.25) is 9.88 Å². The fourth-order valence-electron chi connectivity index (χ4n) is 5.32. The summed E-state index contributed by atoms with van der Waals surface area (Å²) in [5, 5.41) is 1.03. The summed E-state index contributed by atoms with van der Waals surface area (Å²) in [5.41, 5.74) is 2.45. The number of ether oxygens (including phenoxy) is 2. The van der Waals surface area contributed by atoms with Gasteiger partial charge in [-0.2, -0.15) is 0 Å². The highest BCUT2D eigenvalue weighted by atomic mass is 16.5. The number of methoxy groups -OCH3 is 1. The van der Waals surface area contributed by atoms with Gasteiger partial charge in [0.1, 0.15) is 11.9 Å². The number of aromatic nitrogens is 1. The van der Waals surface area contributed by atoms with Crippen molar-refractivity contribution < 1.29 is 14.3 Å².